The first-order valence-corrected chi connectivity index (χ1v) is 7.40. The molecule has 4 heteroatoms. The Balaban J connectivity index is 2.01. The van der Waals surface area contributed by atoms with E-state index in [1.54, 1.807) is 6.92 Å². The van der Waals surface area contributed by atoms with Crippen LogP contribution >= 0.6 is 0 Å². The fourth-order valence-electron chi connectivity index (χ4n) is 3.87. The molecule has 2 bridgehead atoms. The molecule has 4 unspecified atom stereocenters. The maximum atomic E-state index is 12.4. The zero-order valence-electron chi connectivity index (χ0n) is 12.2. The molecule has 2 saturated carbocycles. The number of carbonyl (C=O) groups is 2. The molecular weight excluding hydrogens is 242 g/mol. The van der Waals surface area contributed by atoms with Gasteiger partial charge in [0.05, 0.1) is 7.11 Å². The molecule has 0 aromatic heterocycles. The highest BCUT2D eigenvalue weighted by Gasteiger charge is 2.45. The van der Waals surface area contributed by atoms with Crippen molar-refractivity contribution in [2.75, 3.05) is 7.11 Å². The van der Waals surface area contributed by atoms with Crippen molar-refractivity contribution < 1.29 is 14.3 Å². The Morgan fingerprint density at radius 1 is 1.32 bits per heavy atom. The standard InChI is InChI=1S/C15H25NO3/c1-4-7-15(2,14(18)19-3)16-13(17)12-9-10-5-6-11(12)8-10/h10-12H,4-9H2,1-3H3,(H,16,17). The maximum absolute atomic E-state index is 12.4. The first kappa shape index (κ1) is 14.4. The van der Waals surface area contributed by atoms with E-state index < -0.39 is 5.54 Å². The Morgan fingerprint density at radius 2 is 2.05 bits per heavy atom. The van der Waals surface area contributed by atoms with Gasteiger partial charge < -0.3 is 10.1 Å². The Labute approximate surface area is 115 Å². The number of fused-ring (bicyclic) bond motifs is 2. The summed E-state index contributed by atoms with van der Waals surface area (Å²) in [5.74, 6) is 1.09. The molecule has 0 aromatic rings. The Bertz CT molecular complexity index is 368. The number of esters is 1. The Morgan fingerprint density at radius 3 is 2.53 bits per heavy atom. The topological polar surface area (TPSA) is 55.4 Å². The van der Waals surface area contributed by atoms with E-state index in [1.165, 1.54) is 26.4 Å². The summed E-state index contributed by atoms with van der Waals surface area (Å²) in [6, 6.07) is 0. The first-order valence-electron chi connectivity index (χ1n) is 7.40. The summed E-state index contributed by atoms with van der Waals surface area (Å²) >= 11 is 0. The van der Waals surface area contributed by atoms with Crippen LogP contribution in [0.2, 0.25) is 0 Å². The van der Waals surface area contributed by atoms with Gasteiger partial charge in [0, 0.05) is 5.92 Å². The van der Waals surface area contributed by atoms with Crippen molar-refractivity contribution in [3.8, 4) is 0 Å². The van der Waals surface area contributed by atoms with Gasteiger partial charge in [0.15, 0.2) is 0 Å². The van der Waals surface area contributed by atoms with Crippen LogP contribution in [0, 0.1) is 17.8 Å². The monoisotopic (exact) mass is 267 g/mol. The number of rotatable bonds is 5. The second-order valence-electron chi connectivity index (χ2n) is 6.34. The van der Waals surface area contributed by atoms with E-state index in [4.69, 9.17) is 4.74 Å². The lowest BCUT2D eigenvalue weighted by molar-refractivity contribution is -0.151. The van der Waals surface area contributed by atoms with Crippen LogP contribution in [-0.2, 0) is 14.3 Å². The lowest BCUT2D eigenvalue weighted by Crippen LogP contribution is -2.54. The van der Waals surface area contributed by atoms with E-state index in [0.717, 1.165) is 18.8 Å². The van der Waals surface area contributed by atoms with Crippen molar-refractivity contribution in [3.05, 3.63) is 0 Å². The van der Waals surface area contributed by atoms with Crippen molar-refractivity contribution in [1.82, 2.24) is 5.32 Å². The maximum Gasteiger partial charge on any atom is 0.331 e. The predicted molar refractivity (Wildman–Crippen MR) is 72.4 cm³/mol. The smallest absolute Gasteiger partial charge is 0.331 e. The Kier molecular flexibility index (Phi) is 4.16. The molecule has 19 heavy (non-hydrogen) atoms. The van der Waals surface area contributed by atoms with Gasteiger partial charge in [-0.2, -0.15) is 0 Å². The van der Waals surface area contributed by atoms with E-state index in [-0.39, 0.29) is 17.8 Å². The van der Waals surface area contributed by atoms with Gasteiger partial charge >= 0.3 is 5.97 Å². The third-order valence-electron chi connectivity index (χ3n) is 4.86. The second kappa shape index (κ2) is 5.51. The molecule has 2 rings (SSSR count). The fourth-order valence-corrected chi connectivity index (χ4v) is 3.87. The minimum absolute atomic E-state index is 0.0496. The molecule has 4 nitrogen and oxygen atoms in total. The summed E-state index contributed by atoms with van der Waals surface area (Å²) in [6.45, 7) is 3.78. The summed E-state index contributed by atoms with van der Waals surface area (Å²) in [7, 11) is 1.37. The summed E-state index contributed by atoms with van der Waals surface area (Å²) < 4.78 is 4.84. The molecule has 0 aliphatic heterocycles. The van der Waals surface area contributed by atoms with E-state index in [1.807, 2.05) is 6.92 Å². The van der Waals surface area contributed by atoms with Gasteiger partial charge in [-0.15, -0.1) is 0 Å². The molecule has 108 valence electrons. The van der Waals surface area contributed by atoms with Crippen molar-refractivity contribution in [3.63, 3.8) is 0 Å². The van der Waals surface area contributed by atoms with Crippen LogP contribution in [0.5, 0.6) is 0 Å². The number of amides is 1. The zero-order chi connectivity index (χ0) is 14.0. The molecule has 0 spiro atoms. The zero-order valence-corrected chi connectivity index (χ0v) is 12.2. The highest BCUT2D eigenvalue weighted by atomic mass is 16.5. The average Bonchev–Trinajstić information content (AvgIpc) is 3.00. The largest absolute Gasteiger partial charge is 0.467 e. The molecule has 2 aliphatic rings. The molecule has 1 amide bonds. The Hall–Kier alpha value is -1.06. The molecule has 0 radical (unpaired) electrons. The summed E-state index contributed by atoms with van der Waals surface area (Å²) in [4.78, 5) is 24.3. The van der Waals surface area contributed by atoms with Gasteiger partial charge in [-0.1, -0.05) is 19.8 Å². The third kappa shape index (κ3) is 2.77. The van der Waals surface area contributed by atoms with Crippen LogP contribution in [0.15, 0.2) is 0 Å². The number of ether oxygens (including phenoxy) is 1. The van der Waals surface area contributed by atoms with E-state index in [0.29, 0.717) is 12.3 Å². The molecule has 2 fully saturated rings. The highest BCUT2D eigenvalue weighted by Crippen LogP contribution is 2.48. The molecular formula is C15H25NO3. The third-order valence-corrected chi connectivity index (χ3v) is 4.86. The lowest BCUT2D eigenvalue weighted by Gasteiger charge is -2.30. The van der Waals surface area contributed by atoms with Crippen LogP contribution in [-0.4, -0.2) is 24.5 Å². The van der Waals surface area contributed by atoms with Gasteiger partial charge in [0.2, 0.25) is 5.91 Å². The minimum Gasteiger partial charge on any atom is -0.467 e. The quantitative estimate of drug-likeness (QED) is 0.777. The van der Waals surface area contributed by atoms with Crippen molar-refractivity contribution in [1.29, 1.82) is 0 Å². The van der Waals surface area contributed by atoms with Gasteiger partial charge in [0.1, 0.15) is 5.54 Å². The van der Waals surface area contributed by atoms with E-state index in [9.17, 15) is 9.59 Å². The van der Waals surface area contributed by atoms with Crippen LogP contribution in [0.3, 0.4) is 0 Å². The SMILES string of the molecule is CCCC(C)(NC(=O)C1CC2CCC1C2)C(=O)OC. The number of hydrogen-bond acceptors (Lipinski definition) is 3. The van der Waals surface area contributed by atoms with Crippen LogP contribution in [0.1, 0.15) is 52.4 Å². The normalized spacial score (nSPS) is 31.8. The summed E-state index contributed by atoms with van der Waals surface area (Å²) in [5, 5.41) is 2.96. The number of carbonyl (C=O) groups excluding carboxylic acids is 2. The number of methoxy groups -OCH3 is 1. The van der Waals surface area contributed by atoms with Crippen LogP contribution < -0.4 is 5.32 Å². The van der Waals surface area contributed by atoms with E-state index in [2.05, 4.69) is 5.32 Å². The molecule has 1 N–H and O–H groups in total. The van der Waals surface area contributed by atoms with Gasteiger partial charge in [-0.25, -0.2) is 4.79 Å². The lowest BCUT2D eigenvalue weighted by atomic mass is 9.86. The fraction of sp³-hybridized carbons (Fsp3) is 0.867. The molecule has 0 aromatic carbocycles. The molecule has 0 heterocycles. The highest BCUT2D eigenvalue weighted by molar-refractivity contribution is 5.89. The predicted octanol–water partition coefficient (Wildman–Crippen LogP) is 2.27. The molecule has 2 aliphatic carbocycles. The van der Waals surface area contributed by atoms with Gasteiger partial charge in [-0.05, 0) is 44.4 Å². The minimum atomic E-state index is -0.873. The molecule has 0 saturated heterocycles. The second-order valence-corrected chi connectivity index (χ2v) is 6.34. The van der Waals surface area contributed by atoms with Crippen molar-refractivity contribution in [2.45, 2.75) is 57.9 Å². The van der Waals surface area contributed by atoms with E-state index >= 15 is 0 Å². The van der Waals surface area contributed by atoms with Gasteiger partial charge in [-0.3, -0.25) is 4.79 Å². The first-order chi connectivity index (χ1) is 9.00. The van der Waals surface area contributed by atoms with Crippen molar-refractivity contribution >= 4 is 11.9 Å². The molecule has 4 atom stereocenters. The summed E-state index contributed by atoms with van der Waals surface area (Å²) in [6.07, 6.45) is 6.10. The number of nitrogens with one attached hydrogen (secondary N) is 1. The summed E-state index contributed by atoms with van der Waals surface area (Å²) in [5.41, 5.74) is -0.873. The van der Waals surface area contributed by atoms with Crippen LogP contribution in [0.25, 0.3) is 0 Å². The average molecular weight is 267 g/mol. The van der Waals surface area contributed by atoms with Gasteiger partial charge in [0.25, 0.3) is 0 Å². The van der Waals surface area contributed by atoms with Crippen molar-refractivity contribution in [2.24, 2.45) is 17.8 Å². The number of hydrogen-bond donors (Lipinski definition) is 1. The van der Waals surface area contributed by atoms with Crippen LogP contribution in [0.4, 0.5) is 0 Å².